The van der Waals surface area contributed by atoms with Crippen LogP contribution in [0.25, 0.3) is 0 Å². The first kappa shape index (κ1) is 11.9. The van der Waals surface area contributed by atoms with E-state index in [0.29, 0.717) is 17.7 Å². The minimum absolute atomic E-state index is 0.524. The molecule has 0 aliphatic rings. The molecule has 0 atom stereocenters. The summed E-state index contributed by atoms with van der Waals surface area (Å²) in [6, 6.07) is 0. The monoisotopic (exact) mass is 214 g/mol. The fraction of sp³-hybridized carbons (Fsp3) is 1.00. The minimum Gasteiger partial charge on any atom is -0.162 e. The lowest BCUT2D eigenvalue weighted by Gasteiger charge is -2.08. The Morgan fingerprint density at radius 1 is 1.27 bits per heavy atom. The van der Waals surface area contributed by atoms with E-state index in [9.17, 15) is 0 Å². The van der Waals surface area contributed by atoms with Crippen molar-refractivity contribution >= 4 is 35.0 Å². The predicted molar refractivity (Wildman–Crippen MR) is 57.2 cm³/mol. The van der Waals surface area contributed by atoms with Crippen LogP contribution in [0.2, 0.25) is 0 Å². The largest absolute Gasteiger partial charge is 0.162 e. The van der Waals surface area contributed by atoms with Gasteiger partial charge in [0.15, 0.2) is 0 Å². The van der Waals surface area contributed by atoms with Crippen molar-refractivity contribution in [1.82, 2.24) is 0 Å². The molecule has 0 aliphatic carbocycles. The average Bonchev–Trinajstić information content (AvgIpc) is 2.05. The Balaban J connectivity index is 3.07. The Hall–Kier alpha value is 0.930. The maximum Gasteiger partial charge on any atom is 0.0263 e. The van der Waals surface area contributed by atoms with Crippen LogP contribution in [0.5, 0.6) is 0 Å². The highest BCUT2D eigenvalue weighted by molar-refractivity contribution is 7.99. The topological polar surface area (TPSA) is 0 Å². The normalized spacial score (nSPS) is 10.9. The number of hydrogen-bond acceptors (Lipinski definition) is 1. The van der Waals surface area contributed by atoms with Gasteiger partial charge in [0.1, 0.15) is 0 Å². The number of hydrogen-bond donors (Lipinski definition) is 0. The summed E-state index contributed by atoms with van der Waals surface area (Å²) >= 11 is 13.4. The summed E-state index contributed by atoms with van der Waals surface area (Å²) in [4.78, 5) is 0. The van der Waals surface area contributed by atoms with E-state index >= 15 is 0 Å². The molecule has 0 amide bonds. The minimum atomic E-state index is 0.524. The molecule has 0 rings (SSSR count). The van der Waals surface area contributed by atoms with Gasteiger partial charge in [-0.25, -0.2) is 0 Å². The van der Waals surface area contributed by atoms with Gasteiger partial charge < -0.3 is 0 Å². The molecule has 0 aromatic heterocycles. The quantitative estimate of drug-likeness (QED) is 0.461. The van der Waals surface area contributed by atoms with Crippen LogP contribution in [0.3, 0.4) is 0 Å². The van der Waals surface area contributed by atoms with Gasteiger partial charge in [0.2, 0.25) is 0 Å². The molecule has 11 heavy (non-hydrogen) atoms. The second-order valence-electron chi connectivity index (χ2n) is 2.51. The van der Waals surface area contributed by atoms with Crippen LogP contribution < -0.4 is 0 Å². The third-order valence-electron chi connectivity index (χ3n) is 1.54. The number of rotatable bonds is 7. The molecule has 0 fully saturated rings. The summed E-state index contributed by atoms with van der Waals surface area (Å²) in [6.07, 6.45) is 2.43. The molecule has 0 spiro atoms. The summed E-state index contributed by atoms with van der Waals surface area (Å²) in [5.74, 6) is 4.41. The SMILES string of the molecule is CCSCCCC(CCl)CCl. The molecule has 0 aromatic rings. The zero-order chi connectivity index (χ0) is 8.53. The van der Waals surface area contributed by atoms with E-state index in [2.05, 4.69) is 6.92 Å². The maximum atomic E-state index is 5.69. The molecular weight excluding hydrogens is 199 g/mol. The summed E-state index contributed by atoms with van der Waals surface area (Å²) in [6.45, 7) is 2.19. The van der Waals surface area contributed by atoms with Gasteiger partial charge in [0.25, 0.3) is 0 Å². The molecular formula is C8H16Cl2S. The molecule has 0 unspecified atom stereocenters. The summed E-state index contributed by atoms with van der Waals surface area (Å²) in [7, 11) is 0. The summed E-state index contributed by atoms with van der Waals surface area (Å²) < 4.78 is 0. The highest BCUT2D eigenvalue weighted by Gasteiger charge is 2.04. The van der Waals surface area contributed by atoms with Crippen LogP contribution in [0.15, 0.2) is 0 Å². The van der Waals surface area contributed by atoms with Gasteiger partial charge in [-0.2, -0.15) is 11.8 Å². The summed E-state index contributed by atoms with van der Waals surface area (Å²) in [5, 5.41) is 0. The van der Waals surface area contributed by atoms with Crippen molar-refractivity contribution in [1.29, 1.82) is 0 Å². The molecule has 0 N–H and O–H groups in total. The Labute approximate surface area is 84.0 Å². The third-order valence-corrected chi connectivity index (χ3v) is 3.40. The first-order valence-corrected chi connectivity index (χ1v) is 6.27. The van der Waals surface area contributed by atoms with Gasteiger partial charge in [-0.05, 0) is 30.3 Å². The lowest BCUT2D eigenvalue weighted by atomic mass is 10.1. The Kier molecular flexibility index (Phi) is 9.78. The van der Waals surface area contributed by atoms with Gasteiger partial charge in [-0.15, -0.1) is 23.2 Å². The Morgan fingerprint density at radius 3 is 2.36 bits per heavy atom. The molecule has 0 saturated heterocycles. The van der Waals surface area contributed by atoms with E-state index in [1.54, 1.807) is 0 Å². The summed E-state index contributed by atoms with van der Waals surface area (Å²) in [5.41, 5.74) is 0. The van der Waals surface area contributed by atoms with Crippen LogP contribution >= 0.6 is 35.0 Å². The Morgan fingerprint density at radius 2 is 1.91 bits per heavy atom. The van der Waals surface area contributed by atoms with Crippen LogP contribution in [-0.4, -0.2) is 23.3 Å². The Bertz CT molecular complexity index is 74.5. The van der Waals surface area contributed by atoms with Crippen LogP contribution in [0.4, 0.5) is 0 Å². The first-order chi connectivity index (χ1) is 5.35. The van der Waals surface area contributed by atoms with Gasteiger partial charge in [0.05, 0.1) is 0 Å². The van der Waals surface area contributed by atoms with E-state index in [1.807, 2.05) is 11.8 Å². The van der Waals surface area contributed by atoms with Crippen molar-refractivity contribution in [3.05, 3.63) is 0 Å². The van der Waals surface area contributed by atoms with Crippen molar-refractivity contribution in [2.45, 2.75) is 19.8 Å². The first-order valence-electron chi connectivity index (χ1n) is 4.04. The number of halogens is 2. The fourth-order valence-corrected chi connectivity index (χ4v) is 2.11. The molecule has 0 radical (unpaired) electrons. The lowest BCUT2D eigenvalue weighted by molar-refractivity contribution is 0.591. The zero-order valence-electron chi connectivity index (χ0n) is 6.98. The van der Waals surface area contributed by atoms with Crippen molar-refractivity contribution in [3.63, 3.8) is 0 Å². The maximum absolute atomic E-state index is 5.69. The van der Waals surface area contributed by atoms with E-state index in [0.717, 1.165) is 0 Å². The molecule has 0 bridgehead atoms. The number of alkyl halides is 2. The molecule has 0 saturated carbocycles. The van der Waals surface area contributed by atoms with E-state index in [-0.39, 0.29) is 0 Å². The van der Waals surface area contributed by atoms with Crippen molar-refractivity contribution < 1.29 is 0 Å². The smallest absolute Gasteiger partial charge is 0.0263 e. The predicted octanol–water partition coefficient (Wildman–Crippen LogP) is 3.61. The van der Waals surface area contributed by atoms with Crippen LogP contribution in [0.1, 0.15) is 19.8 Å². The zero-order valence-corrected chi connectivity index (χ0v) is 9.31. The van der Waals surface area contributed by atoms with Gasteiger partial charge in [0, 0.05) is 11.8 Å². The second kappa shape index (κ2) is 9.02. The second-order valence-corrected chi connectivity index (χ2v) is 4.52. The average molecular weight is 215 g/mol. The molecule has 68 valence electrons. The van der Waals surface area contributed by atoms with E-state index in [1.165, 1.54) is 24.3 Å². The van der Waals surface area contributed by atoms with Crippen molar-refractivity contribution in [2.75, 3.05) is 23.3 Å². The lowest BCUT2D eigenvalue weighted by Crippen LogP contribution is -2.04. The highest BCUT2D eigenvalue weighted by atomic mass is 35.5. The molecule has 0 heterocycles. The third kappa shape index (κ3) is 7.30. The van der Waals surface area contributed by atoms with E-state index in [4.69, 9.17) is 23.2 Å². The standard InChI is InChI=1S/C8H16Cl2S/c1-2-11-5-3-4-8(6-9)7-10/h8H,2-7H2,1H3. The van der Waals surface area contributed by atoms with Gasteiger partial charge in [-0.3, -0.25) is 0 Å². The van der Waals surface area contributed by atoms with Crippen molar-refractivity contribution in [3.8, 4) is 0 Å². The number of thioether (sulfide) groups is 1. The molecule has 0 nitrogen and oxygen atoms in total. The van der Waals surface area contributed by atoms with Crippen LogP contribution in [0, 0.1) is 5.92 Å². The van der Waals surface area contributed by atoms with E-state index < -0.39 is 0 Å². The molecule has 0 aromatic carbocycles. The fourth-order valence-electron chi connectivity index (χ4n) is 0.814. The van der Waals surface area contributed by atoms with Crippen molar-refractivity contribution in [2.24, 2.45) is 5.92 Å². The highest BCUT2D eigenvalue weighted by Crippen LogP contribution is 2.13. The van der Waals surface area contributed by atoms with Gasteiger partial charge in [-0.1, -0.05) is 6.92 Å². The van der Waals surface area contributed by atoms with Crippen LogP contribution in [-0.2, 0) is 0 Å². The molecule has 0 aliphatic heterocycles. The van der Waals surface area contributed by atoms with Gasteiger partial charge >= 0.3 is 0 Å². The molecule has 3 heteroatoms.